The summed E-state index contributed by atoms with van der Waals surface area (Å²) in [4.78, 5) is 14.7. The topological polar surface area (TPSA) is 74.0 Å². The smallest absolute Gasteiger partial charge is 0.337 e. The van der Waals surface area contributed by atoms with Gasteiger partial charge in [0.05, 0.1) is 16.2 Å². The highest BCUT2D eigenvalue weighted by Gasteiger charge is 2.05. The van der Waals surface area contributed by atoms with E-state index in [1.54, 1.807) is 18.2 Å². The lowest BCUT2D eigenvalue weighted by atomic mass is 10.1. The third kappa shape index (κ3) is 3.33. The Morgan fingerprint density at radius 1 is 1.40 bits per heavy atom. The summed E-state index contributed by atoms with van der Waals surface area (Å²) in [7, 11) is 0. The second-order valence-electron chi connectivity index (χ2n) is 3.90. The van der Waals surface area contributed by atoms with Crippen LogP contribution in [-0.2, 0) is 5.75 Å². The van der Waals surface area contributed by atoms with Crippen LogP contribution in [0.1, 0.15) is 21.5 Å². The quantitative estimate of drug-likeness (QED) is 0.875. The van der Waals surface area contributed by atoms with Crippen LogP contribution in [0.2, 0.25) is 0 Å². The summed E-state index contributed by atoms with van der Waals surface area (Å²) in [6, 6.07) is 9.24. The minimum Gasteiger partial charge on any atom is -0.478 e. The molecule has 0 aliphatic rings. The number of halogens is 1. The van der Waals surface area contributed by atoms with Crippen LogP contribution < -0.4 is 0 Å². The zero-order valence-corrected chi connectivity index (χ0v) is 11.0. The second kappa shape index (κ2) is 6.17. The zero-order chi connectivity index (χ0) is 14.5. The SMILES string of the molecule is N#Cc1cc(CSc2ccc(C(=O)O)cn2)ccc1F. The summed E-state index contributed by atoms with van der Waals surface area (Å²) < 4.78 is 13.2. The summed E-state index contributed by atoms with van der Waals surface area (Å²) in [6.07, 6.45) is 1.29. The first-order chi connectivity index (χ1) is 9.60. The van der Waals surface area contributed by atoms with Gasteiger partial charge in [-0.15, -0.1) is 11.8 Å². The molecule has 1 heterocycles. The third-order valence-electron chi connectivity index (χ3n) is 2.52. The lowest BCUT2D eigenvalue weighted by Crippen LogP contribution is -1.96. The van der Waals surface area contributed by atoms with Crippen LogP contribution in [0.5, 0.6) is 0 Å². The van der Waals surface area contributed by atoms with Crippen molar-refractivity contribution in [2.24, 2.45) is 0 Å². The fourth-order valence-electron chi connectivity index (χ4n) is 1.50. The van der Waals surface area contributed by atoms with Crippen molar-refractivity contribution in [3.63, 3.8) is 0 Å². The molecule has 0 aliphatic carbocycles. The van der Waals surface area contributed by atoms with Crippen molar-refractivity contribution in [1.82, 2.24) is 4.98 Å². The van der Waals surface area contributed by atoms with Gasteiger partial charge in [-0.25, -0.2) is 14.2 Å². The Balaban J connectivity index is 2.05. The molecule has 0 unspecified atom stereocenters. The molecule has 0 bridgehead atoms. The molecule has 20 heavy (non-hydrogen) atoms. The number of pyridine rings is 1. The average Bonchev–Trinajstić information content (AvgIpc) is 2.46. The number of aromatic nitrogens is 1. The minimum absolute atomic E-state index is 0.0114. The molecule has 0 saturated carbocycles. The first kappa shape index (κ1) is 14.0. The molecule has 1 aromatic heterocycles. The largest absolute Gasteiger partial charge is 0.478 e. The Kier molecular flexibility index (Phi) is 4.33. The number of hydrogen-bond acceptors (Lipinski definition) is 4. The van der Waals surface area contributed by atoms with Gasteiger partial charge in [0.2, 0.25) is 0 Å². The fourth-order valence-corrected chi connectivity index (χ4v) is 2.28. The minimum atomic E-state index is -1.02. The van der Waals surface area contributed by atoms with Crippen molar-refractivity contribution >= 4 is 17.7 Å². The van der Waals surface area contributed by atoms with Crippen molar-refractivity contribution in [2.45, 2.75) is 10.8 Å². The number of thioether (sulfide) groups is 1. The predicted molar refractivity (Wildman–Crippen MR) is 71.9 cm³/mol. The number of carbonyl (C=O) groups is 1. The first-order valence-electron chi connectivity index (χ1n) is 5.61. The Hall–Kier alpha value is -2.39. The van der Waals surface area contributed by atoms with Gasteiger partial charge in [0.1, 0.15) is 11.9 Å². The molecule has 100 valence electrons. The van der Waals surface area contributed by atoms with Gasteiger partial charge in [-0.1, -0.05) is 6.07 Å². The maximum absolute atomic E-state index is 13.2. The van der Waals surface area contributed by atoms with E-state index < -0.39 is 11.8 Å². The number of rotatable bonds is 4. The van der Waals surface area contributed by atoms with Crippen molar-refractivity contribution in [3.8, 4) is 6.07 Å². The molecule has 0 amide bonds. The van der Waals surface area contributed by atoms with E-state index in [9.17, 15) is 9.18 Å². The molecule has 2 rings (SSSR count). The molecular weight excluding hydrogens is 279 g/mol. The molecule has 0 atom stereocenters. The second-order valence-corrected chi connectivity index (χ2v) is 4.90. The Morgan fingerprint density at radius 2 is 2.20 bits per heavy atom. The molecule has 6 heteroatoms. The van der Waals surface area contributed by atoms with Gasteiger partial charge in [-0.05, 0) is 29.8 Å². The Labute approximate surface area is 118 Å². The summed E-state index contributed by atoms with van der Waals surface area (Å²) in [5, 5.41) is 18.2. The number of aromatic carboxylic acids is 1. The summed E-state index contributed by atoms with van der Waals surface area (Å²) in [6.45, 7) is 0. The van der Waals surface area contributed by atoms with Crippen LogP contribution >= 0.6 is 11.8 Å². The highest BCUT2D eigenvalue weighted by atomic mass is 32.2. The molecule has 0 fully saturated rings. The number of nitrogens with zero attached hydrogens (tertiary/aromatic N) is 2. The van der Waals surface area contributed by atoms with Gasteiger partial charge in [-0.3, -0.25) is 0 Å². The van der Waals surface area contributed by atoms with E-state index in [0.29, 0.717) is 10.8 Å². The summed E-state index contributed by atoms with van der Waals surface area (Å²) in [5.41, 5.74) is 0.942. The molecule has 0 spiro atoms. The van der Waals surface area contributed by atoms with E-state index in [1.807, 2.05) is 0 Å². The van der Waals surface area contributed by atoms with Gasteiger partial charge < -0.3 is 5.11 Å². The Bertz CT molecular complexity index is 681. The van der Waals surface area contributed by atoms with Crippen LogP contribution in [0.15, 0.2) is 41.6 Å². The number of hydrogen-bond donors (Lipinski definition) is 1. The van der Waals surface area contributed by atoms with E-state index in [1.165, 1.54) is 36.2 Å². The number of carboxylic acids is 1. The fraction of sp³-hybridized carbons (Fsp3) is 0.0714. The summed E-state index contributed by atoms with van der Waals surface area (Å²) in [5.74, 6) is -1.04. The number of carboxylic acid groups (broad SMARTS) is 1. The maximum atomic E-state index is 13.2. The van der Waals surface area contributed by atoms with E-state index in [-0.39, 0.29) is 11.1 Å². The highest BCUT2D eigenvalue weighted by molar-refractivity contribution is 7.98. The zero-order valence-electron chi connectivity index (χ0n) is 10.2. The molecule has 1 aromatic carbocycles. The number of benzene rings is 1. The standard InChI is InChI=1S/C14H9FN2O2S/c15-12-3-1-9(5-11(12)6-16)8-20-13-4-2-10(7-17-13)14(18)19/h1-5,7H,8H2,(H,18,19). The van der Waals surface area contributed by atoms with Crippen LogP contribution in [0, 0.1) is 17.1 Å². The van der Waals surface area contributed by atoms with Crippen LogP contribution in [0.4, 0.5) is 4.39 Å². The molecule has 0 saturated heterocycles. The van der Waals surface area contributed by atoms with E-state index in [2.05, 4.69) is 4.98 Å². The van der Waals surface area contributed by atoms with Gasteiger partial charge >= 0.3 is 5.97 Å². The van der Waals surface area contributed by atoms with E-state index >= 15 is 0 Å². The van der Waals surface area contributed by atoms with E-state index in [0.717, 1.165) is 5.56 Å². The van der Waals surface area contributed by atoms with Crippen molar-refractivity contribution in [1.29, 1.82) is 5.26 Å². The van der Waals surface area contributed by atoms with Gasteiger partial charge in [0, 0.05) is 11.9 Å². The maximum Gasteiger partial charge on any atom is 0.337 e. The highest BCUT2D eigenvalue weighted by Crippen LogP contribution is 2.22. The van der Waals surface area contributed by atoms with Crippen molar-refractivity contribution in [3.05, 3.63) is 59.0 Å². The lowest BCUT2D eigenvalue weighted by molar-refractivity contribution is 0.0696. The predicted octanol–water partition coefficient (Wildman–Crippen LogP) is 3.08. The molecular formula is C14H9FN2O2S. The number of nitriles is 1. The lowest BCUT2D eigenvalue weighted by Gasteiger charge is -2.03. The summed E-state index contributed by atoms with van der Waals surface area (Å²) >= 11 is 1.38. The van der Waals surface area contributed by atoms with Crippen molar-refractivity contribution in [2.75, 3.05) is 0 Å². The van der Waals surface area contributed by atoms with Crippen LogP contribution in [0.25, 0.3) is 0 Å². The molecule has 4 nitrogen and oxygen atoms in total. The van der Waals surface area contributed by atoms with Gasteiger partial charge in [0.15, 0.2) is 0 Å². The molecule has 2 aromatic rings. The molecule has 0 radical (unpaired) electrons. The Morgan fingerprint density at radius 3 is 2.80 bits per heavy atom. The molecule has 1 N–H and O–H groups in total. The van der Waals surface area contributed by atoms with Gasteiger partial charge in [-0.2, -0.15) is 5.26 Å². The normalized spacial score (nSPS) is 10.0. The third-order valence-corrected chi connectivity index (χ3v) is 3.54. The monoisotopic (exact) mass is 288 g/mol. The molecule has 0 aliphatic heterocycles. The van der Waals surface area contributed by atoms with Crippen molar-refractivity contribution < 1.29 is 14.3 Å². The first-order valence-corrected chi connectivity index (χ1v) is 6.59. The van der Waals surface area contributed by atoms with Crippen LogP contribution in [-0.4, -0.2) is 16.1 Å². The van der Waals surface area contributed by atoms with Gasteiger partial charge in [0.25, 0.3) is 0 Å². The average molecular weight is 288 g/mol. The van der Waals surface area contributed by atoms with Crippen LogP contribution in [0.3, 0.4) is 0 Å². The van der Waals surface area contributed by atoms with E-state index in [4.69, 9.17) is 10.4 Å².